The van der Waals surface area contributed by atoms with E-state index in [-0.39, 0.29) is 17.9 Å². The van der Waals surface area contributed by atoms with Crippen molar-refractivity contribution < 1.29 is 13.9 Å². The number of fused-ring (bicyclic) bond motifs is 1. The molecule has 160 valence electrons. The number of benzene rings is 2. The summed E-state index contributed by atoms with van der Waals surface area (Å²) in [5.74, 6) is 1.55. The number of aryl methyl sites for hydroxylation is 1. The van der Waals surface area contributed by atoms with Gasteiger partial charge in [-0.1, -0.05) is 25.1 Å². The summed E-state index contributed by atoms with van der Waals surface area (Å²) in [5, 5.41) is 0.606. The van der Waals surface area contributed by atoms with Gasteiger partial charge in [-0.3, -0.25) is 9.36 Å². The smallest absolute Gasteiger partial charge is 0.262 e. The average Bonchev–Trinajstić information content (AvgIpc) is 3.20. The Balaban J connectivity index is 1.83. The van der Waals surface area contributed by atoms with Gasteiger partial charge < -0.3 is 9.47 Å². The summed E-state index contributed by atoms with van der Waals surface area (Å²) in [6.07, 6.45) is 1.27. The third-order valence-corrected chi connectivity index (χ3v) is 6.34. The van der Waals surface area contributed by atoms with Crippen molar-refractivity contribution in [1.82, 2.24) is 9.55 Å². The van der Waals surface area contributed by atoms with Crippen LogP contribution in [0.15, 0.2) is 53.3 Å². The summed E-state index contributed by atoms with van der Waals surface area (Å²) in [7, 11) is 3.18. The zero-order chi connectivity index (χ0) is 22.0. The van der Waals surface area contributed by atoms with Gasteiger partial charge in [0.1, 0.15) is 16.5 Å². The lowest BCUT2D eigenvalue weighted by Crippen LogP contribution is -2.25. The SMILES string of the molecule is CCc1cc2c(=O)n(Cc3cccc(F)c3)c(Cc3ccc(OC)c(OC)c3)nc2s1. The van der Waals surface area contributed by atoms with Gasteiger partial charge in [0.05, 0.1) is 26.2 Å². The minimum absolute atomic E-state index is 0.110. The van der Waals surface area contributed by atoms with Gasteiger partial charge in [-0.25, -0.2) is 9.37 Å². The normalized spacial score (nSPS) is 11.1. The number of thiophene rings is 1. The van der Waals surface area contributed by atoms with E-state index in [0.29, 0.717) is 34.7 Å². The highest BCUT2D eigenvalue weighted by Crippen LogP contribution is 2.29. The lowest BCUT2D eigenvalue weighted by molar-refractivity contribution is 0.354. The molecule has 0 spiro atoms. The van der Waals surface area contributed by atoms with E-state index in [1.54, 1.807) is 24.9 Å². The second-order valence-electron chi connectivity index (χ2n) is 7.20. The fraction of sp³-hybridized carbons (Fsp3) is 0.250. The third-order valence-electron chi connectivity index (χ3n) is 5.17. The second kappa shape index (κ2) is 8.89. The molecule has 0 radical (unpaired) electrons. The summed E-state index contributed by atoms with van der Waals surface area (Å²) < 4.78 is 26.1. The Morgan fingerprint density at radius 2 is 1.84 bits per heavy atom. The zero-order valence-corrected chi connectivity index (χ0v) is 18.5. The van der Waals surface area contributed by atoms with Crippen LogP contribution < -0.4 is 15.0 Å². The first kappa shape index (κ1) is 21.1. The molecule has 4 rings (SSSR count). The predicted molar refractivity (Wildman–Crippen MR) is 121 cm³/mol. The lowest BCUT2D eigenvalue weighted by atomic mass is 10.1. The van der Waals surface area contributed by atoms with E-state index in [4.69, 9.17) is 14.5 Å². The molecule has 0 amide bonds. The molecule has 5 nitrogen and oxygen atoms in total. The van der Waals surface area contributed by atoms with Crippen LogP contribution in [0, 0.1) is 5.82 Å². The van der Waals surface area contributed by atoms with Gasteiger partial charge in [-0.05, 0) is 47.9 Å². The number of halogens is 1. The molecule has 0 aliphatic carbocycles. The number of hydrogen-bond acceptors (Lipinski definition) is 5. The summed E-state index contributed by atoms with van der Waals surface area (Å²) >= 11 is 1.54. The first-order valence-corrected chi connectivity index (χ1v) is 10.8. The Morgan fingerprint density at radius 1 is 1.03 bits per heavy atom. The van der Waals surface area contributed by atoms with Crippen molar-refractivity contribution >= 4 is 21.6 Å². The van der Waals surface area contributed by atoms with Crippen LogP contribution in [0.5, 0.6) is 11.5 Å². The maximum Gasteiger partial charge on any atom is 0.262 e. The molecule has 2 heterocycles. The first-order valence-electron chi connectivity index (χ1n) is 9.99. The van der Waals surface area contributed by atoms with Crippen LogP contribution in [-0.4, -0.2) is 23.8 Å². The van der Waals surface area contributed by atoms with Crippen LogP contribution in [0.25, 0.3) is 10.2 Å². The molecular weight excluding hydrogens is 415 g/mol. The quantitative estimate of drug-likeness (QED) is 0.415. The Morgan fingerprint density at radius 3 is 2.55 bits per heavy atom. The monoisotopic (exact) mass is 438 g/mol. The van der Waals surface area contributed by atoms with E-state index in [1.165, 1.54) is 23.5 Å². The number of aromatic nitrogens is 2. The van der Waals surface area contributed by atoms with E-state index in [0.717, 1.165) is 21.7 Å². The number of hydrogen-bond donors (Lipinski definition) is 0. The van der Waals surface area contributed by atoms with E-state index in [1.807, 2.05) is 30.3 Å². The van der Waals surface area contributed by atoms with Gasteiger partial charge in [0.25, 0.3) is 5.56 Å². The molecule has 0 saturated carbocycles. The van der Waals surface area contributed by atoms with Crippen molar-refractivity contribution in [1.29, 1.82) is 0 Å². The molecule has 7 heteroatoms. The van der Waals surface area contributed by atoms with Crippen molar-refractivity contribution in [3.63, 3.8) is 0 Å². The van der Waals surface area contributed by atoms with Crippen molar-refractivity contribution in [2.24, 2.45) is 0 Å². The largest absolute Gasteiger partial charge is 0.493 e. The number of rotatable bonds is 7. The fourth-order valence-corrected chi connectivity index (χ4v) is 4.55. The van der Waals surface area contributed by atoms with Gasteiger partial charge in [-0.15, -0.1) is 11.3 Å². The van der Waals surface area contributed by atoms with Crippen LogP contribution in [0.1, 0.15) is 28.8 Å². The van der Waals surface area contributed by atoms with Gasteiger partial charge in [0.15, 0.2) is 11.5 Å². The highest BCUT2D eigenvalue weighted by atomic mass is 32.1. The Kier molecular flexibility index (Phi) is 6.04. The second-order valence-corrected chi connectivity index (χ2v) is 8.32. The Bertz CT molecular complexity index is 1300. The molecule has 0 aliphatic heterocycles. The Labute approximate surface area is 183 Å². The van der Waals surface area contributed by atoms with Gasteiger partial charge >= 0.3 is 0 Å². The first-order chi connectivity index (χ1) is 15.0. The minimum atomic E-state index is -0.329. The number of ether oxygens (including phenoxy) is 2. The standard InChI is InChI=1S/C24H23FN2O3S/c1-4-18-13-19-23(31-18)26-22(12-15-8-9-20(29-2)21(11-15)30-3)27(24(19)28)14-16-6-5-7-17(25)10-16/h5-11,13H,4,12,14H2,1-3H3. The highest BCUT2D eigenvalue weighted by Gasteiger charge is 2.16. The van der Waals surface area contributed by atoms with Crippen LogP contribution in [0.4, 0.5) is 4.39 Å². The molecule has 0 aliphatic rings. The molecule has 2 aromatic heterocycles. The van der Waals surface area contributed by atoms with Crippen LogP contribution in [-0.2, 0) is 19.4 Å². The summed E-state index contributed by atoms with van der Waals surface area (Å²) in [4.78, 5) is 20.0. The maximum absolute atomic E-state index is 13.7. The molecule has 0 unspecified atom stereocenters. The molecule has 0 N–H and O–H groups in total. The summed E-state index contributed by atoms with van der Waals surface area (Å²) in [6.45, 7) is 2.31. The van der Waals surface area contributed by atoms with Crippen molar-refractivity contribution in [3.8, 4) is 11.5 Å². The molecule has 0 fully saturated rings. The predicted octanol–water partition coefficient (Wildman–Crippen LogP) is 4.82. The van der Waals surface area contributed by atoms with Crippen LogP contribution in [0.2, 0.25) is 0 Å². The summed E-state index contributed by atoms with van der Waals surface area (Å²) in [6, 6.07) is 13.9. The molecular formula is C24H23FN2O3S. The fourth-order valence-electron chi connectivity index (χ4n) is 3.57. The van der Waals surface area contributed by atoms with Crippen molar-refractivity contribution in [2.75, 3.05) is 14.2 Å². The van der Waals surface area contributed by atoms with E-state index in [9.17, 15) is 9.18 Å². The van der Waals surface area contributed by atoms with E-state index >= 15 is 0 Å². The van der Waals surface area contributed by atoms with E-state index in [2.05, 4.69) is 6.92 Å². The maximum atomic E-state index is 13.7. The molecule has 0 atom stereocenters. The topological polar surface area (TPSA) is 53.4 Å². The lowest BCUT2D eigenvalue weighted by Gasteiger charge is -2.14. The minimum Gasteiger partial charge on any atom is -0.493 e. The number of nitrogens with zero attached hydrogens (tertiary/aromatic N) is 2. The third kappa shape index (κ3) is 4.32. The molecule has 0 saturated heterocycles. The molecule has 0 bridgehead atoms. The molecule has 31 heavy (non-hydrogen) atoms. The zero-order valence-electron chi connectivity index (χ0n) is 17.6. The van der Waals surface area contributed by atoms with E-state index < -0.39 is 0 Å². The van der Waals surface area contributed by atoms with Crippen LogP contribution >= 0.6 is 11.3 Å². The summed E-state index contributed by atoms with van der Waals surface area (Å²) in [5.41, 5.74) is 1.53. The average molecular weight is 439 g/mol. The van der Waals surface area contributed by atoms with Gasteiger partial charge in [0, 0.05) is 11.3 Å². The van der Waals surface area contributed by atoms with Crippen molar-refractivity contribution in [2.45, 2.75) is 26.3 Å². The Hall–Kier alpha value is -3.19. The number of methoxy groups -OCH3 is 2. The van der Waals surface area contributed by atoms with Gasteiger partial charge in [-0.2, -0.15) is 0 Å². The highest BCUT2D eigenvalue weighted by molar-refractivity contribution is 7.18. The van der Waals surface area contributed by atoms with Crippen LogP contribution in [0.3, 0.4) is 0 Å². The molecule has 4 aromatic rings. The van der Waals surface area contributed by atoms with Gasteiger partial charge in [0.2, 0.25) is 0 Å². The molecule has 2 aromatic carbocycles. The van der Waals surface area contributed by atoms with Crippen molar-refractivity contribution in [3.05, 3.63) is 86.5 Å².